The maximum atomic E-state index is 11.6. The molecule has 0 saturated heterocycles. The van der Waals surface area contributed by atoms with Crippen molar-refractivity contribution in [3.8, 4) is 0 Å². The van der Waals surface area contributed by atoms with Gasteiger partial charge in [0, 0.05) is 23.6 Å². The lowest BCUT2D eigenvalue weighted by Gasteiger charge is -2.14. The van der Waals surface area contributed by atoms with Crippen LogP contribution in [0, 0.1) is 0 Å². The van der Waals surface area contributed by atoms with Crippen molar-refractivity contribution in [2.75, 3.05) is 6.54 Å². The minimum absolute atomic E-state index is 0.324. The molecule has 0 aliphatic carbocycles. The number of fused-ring (bicyclic) bond motifs is 1. The number of amides is 1. The molecular weight excluding hydrogens is 242 g/mol. The first-order valence-corrected chi connectivity index (χ1v) is 6.36. The van der Waals surface area contributed by atoms with Gasteiger partial charge < -0.3 is 21.1 Å². The van der Waals surface area contributed by atoms with Gasteiger partial charge in [-0.25, -0.2) is 0 Å². The second-order valence-electron chi connectivity index (χ2n) is 4.67. The molecule has 0 bridgehead atoms. The van der Waals surface area contributed by atoms with Crippen molar-refractivity contribution in [3.05, 3.63) is 36.0 Å². The van der Waals surface area contributed by atoms with Gasteiger partial charge in [0.05, 0.1) is 6.10 Å². The molecule has 0 saturated carbocycles. The number of aromatic nitrogens is 1. The van der Waals surface area contributed by atoms with Crippen LogP contribution in [0.4, 0.5) is 0 Å². The van der Waals surface area contributed by atoms with Gasteiger partial charge >= 0.3 is 0 Å². The first kappa shape index (κ1) is 13.6. The van der Waals surface area contributed by atoms with Crippen LogP contribution in [0.5, 0.6) is 0 Å². The molecule has 102 valence electrons. The van der Waals surface area contributed by atoms with Crippen LogP contribution in [-0.2, 0) is 11.2 Å². The summed E-state index contributed by atoms with van der Waals surface area (Å²) in [4.78, 5) is 14.8. The molecule has 2 rings (SSSR count). The molecule has 0 radical (unpaired) electrons. The number of carbonyl (C=O) groups excluding carboxylic acids is 1. The third kappa shape index (κ3) is 3.13. The summed E-state index contributed by atoms with van der Waals surface area (Å²) in [5.74, 6) is -0.324. The van der Waals surface area contributed by atoms with Gasteiger partial charge in [-0.2, -0.15) is 0 Å². The van der Waals surface area contributed by atoms with Gasteiger partial charge in [-0.1, -0.05) is 18.2 Å². The van der Waals surface area contributed by atoms with E-state index in [1.165, 1.54) is 6.92 Å². The van der Waals surface area contributed by atoms with E-state index >= 15 is 0 Å². The highest BCUT2D eigenvalue weighted by Gasteiger charge is 2.17. The van der Waals surface area contributed by atoms with Gasteiger partial charge in [0.25, 0.3) is 0 Å². The van der Waals surface area contributed by atoms with Crippen LogP contribution < -0.4 is 11.1 Å². The van der Waals surface area contributed by atoms with Gasteiger partial charge in [-0.15, -0.1) is 0 Å². The fourth-order valence-electron chi connectivity index (χ4n) is 2.00. The number of aromatic amines is 1. The maximum Gasteiger partial charge on any atom is 0.239 e. The van der Waals surface area contributed by atoms with E-state index in [2.05, 4.69) is 10.3 Å². The minimum atomic E-state index is -0.872. The number of nitrogens with two attached hydrogens (primary N) is 1. The lowest BCUT2D eigenvalue weighted by atomic mass is 10.1. The first-order chi connectivity index (χ1) is 9.09. The number of nitrogens with one attached hydrogen (secondary N) is 2. The zero-order valence-electron chi connectivity index (χ0n) is 10.9. The Bertz CT molecular complexity index is 563. The predicted octanol–water partition coefficient (Wildman–Crippen LogP) is 0.535. The monoisotopic (exact) mass is 261 g/mol. The molecule has 5 nitrogen and oxygen atoms in total. The number of H-pyrrole nitrogens is 1. The zero-order chi connectivity index (χ0) is 13.8. The van der Waals surface area contributed by atoms with Gasteiger partial charge in [0.15, 0.2) is 0 Å². The topological polar surface area (TPSA) is 91.1 Å². The van der Waals surface area contributed by atoms with Crippen LogP contribution >= 0.6 is 0 Å². The SMILES string of the molecule is C[C@@H](O)[C@H](N)C(=O)NCCc1c[nH]c2ccccc12. The van der Waals surface area contributed by atoms with E-state index in [1.807, 2.05) is 30.5 Å². The maximum absolute atomic E-state index is 11.6. The fourth-order valence-corrected chi connectivity index (χ4v) is 2.00. The molecule has 0 aliphatic rings. The highest BCUT2D eigenvalue weighted by Crippen LogP contribution is 2.17. The molecule has 2 atom stereocenters. The lowest BCUT2D eigenvalue weighted by molar-refractivity contribution is -0.124. The van der Waals surface area contributed by atoms with E-state index in [1.54, 1.807) is 0 Å². The van der Waals surface area contributed by atoms with Gasteiger partial charge in [0.2, 0.25) is 5.91 Å². The number of aliphatic hydroxyl groups excluding tert-OH is 1. The van der Waals surface area contributed by atoms with E-state index < -0.39 is 12.1 Å². The Morgan fingerprint density at radius 2 is 2.21 bits per heavy atom. The molecular formula is C14H19N3O2. The minimum Gasteiger partial charge on any atom is -0.391 e. The van der Waals surface area contributed by atoms with Crippen LogP contribution in [0.25, 0.3) is 10.9 Å². The predicted molar refractivity (Wildman–Crippen MR) is 74.7 cm³/mol. The number of rotatable bonds is 5. The number of aliphatic hydroxyl groups is 1. The Morgan fingerprint density at radius 1 is 1.47 bits per heavy atom. The average molecular weight is 261 g/mol. The summed E-state index contributed by atoms with van der Waals surface area (Å²) < 4.78 is 0. The Hall–Kier alpha value is -1.85. The molecule has 5 heteroatoms. The summed E-state index contributed by atoms with van der Waals surface area (Å²) in [7, 11) is 0. The Morgan fingerprint density at radius 3 is 2.95 bits per heavy atom. The van der Waals surface area contributed by atoms with Crippen molar-refractivity contribution in [2.45, 2.75) is 25.5 Å². The Kier molecular flexibility index (Phi) is 4.19. The smallest absolute Gasteiger partial charge is 0.239 e. The number of benzene rings is 1. The van der Waals surface area contributed by atoms with Crippen molar-refractivity contribution in [2.24, 2.45) is 5.73 Å². The van der Waals surface area contributed by atoms with Gasteiger partial charge in [-0.3, -0.25) is 4.79 Å². The average Bonchev–Trinajstić information content (AvgIpc) is 2.81. The van der Waals surface area contributed by atoms with Crippen molar-refractivity contribution >= 4 is 16.8 Å². The number of carbonyl (C=O) groups is 1. The van der Waals surface area contributed by atoms with Crippen molar-refractivity contribution in [3.63, 3.8) is 0 Å². The Balaban J connectivity index is 1.91. The summed E-state index contributed by atoms with van der Waals surface area (Å²) in [5.41, 5.74) is 7.78. The molecule has 1 amide bonds. The van der Waals surface area contributed by atoms with Crippen LogP contribution in [0.3, 0.4) is 0 Å². The van der Waals surface area contributed by atoms with Crippen LogP contribution in [-0.4, -0.2) is 34.7 Å². The number of hydrogen-bond donors (Lipinski definition) is 4. The molecule has 0 fully saturated rings. The number of para-hydroxylation sites is 1. The highest BCUT2D eigenvalue weighted by molar-refractivity contribution is 5.84. The summed E-state index contributed by atoms with van der Waals surface area (Å²) in [6.45, 7) is 2.00. The third-order valence-electron chi connectivity index (χ3n) is 3.19. The summed E-state index contributed by atoms with van der Waals surface area (Å²) in [5, 5.41) is 13.1. The summed E-state index contributed by atoms with van der Waals surface area (Å²) in [6.07, 6.45) is 1.83. The molecule has 0 unspecified atom stereocenters. The van der Waals surface area contributed by atoms with Gasteiger partial charge in [0.1, 0.15) is 6.04 Å². The largest absolute Gasteiger partial charge is 0.391 e. The van der Waals surface area contributed by atoms with Crippen LogP contribution in [0.1, 0.15) is 12.5 Å². The molecule has 1 heterocycles. The highest BCUT2D eigenvalue weighted by atomic mass is 16.3. The lowest BCUT2D eigenvalue weighted by Crippen LogP contribution is -2.47. The molecule has 19 heavy (non-hydrogen) atoms. The molecule has 1 aromatic carbocycles. The van der Waals surface area contributed by atoms with Crippen LogP contribution in [0.2, 0.25) is 0 Å². The van der Waals surface area contributed by atoms with E-state index in [0.717, 1.165) is 22.9 Å². The quantitative estimate of drug-likeness (QED) is 0.633. The Labute approximate surface area is 111 Å². The van der Waals surface area contributed by atoms with Crippen molar-refractivity contribution in [1.29, 1.82) is 0 Å². The van der Waals surface area contributed by atoms with Crippen molar-refractivity contribution < 1.29 is 9.90 Å². The molecule has 0 spiro atoms. The fraction of sp³-hybridized carbons (Fsp3) is 0.357. The molecule has 5 N–H and O–H groups in total. The van der Waals surface area contributed by atoms with E-state index in [0.29, 0.717) is 6.54 Å². The summed E-state index contributed by atoms with van der Waals surface area (Å²) >= 11 is 0. The van der Waals surface area contributed by atoms with E-state index in [4.69, 9.17) is 5.73 Å². The van der Waals surface area contributed by atoms with E-state index in [9.17, 15) is 9.90 Å². The summed E-state index contributed by atoms with van der Waals surface area (Å²) in [6, 6.07) is 7.15. The van der Waals surface area contributed by atoms with Crippen molar-refractivity contribution in [1.82, 2.24) is 10.3 Å². The van der Waals surface area contributed by atoms with Gasteiger partial charge in [-0.05, 0) is 25.0 Å². The number of hydrogen-bond acceptors (Lipinski definition) is 3. The first-order valence-electron chi connectivity index (χ1n) is 6.36. The molecule has 2 aromatic rings. The standard InChI is InChI=1S/C14H19N3O2/c1-9(18)13(15)14(19)16-7-6-10-8-17-12-5-3-2-4-11(10)12/h2-5,8-9,13,17-18H,6-7,15H2,1H3,(H,16,19)/t9-,13+/m1/s1. The zero-order valence-corrected chi connectivity index (χ0v) is 10.9. The second-order valence-corrected chi connectivity index (χ2v) is 4.67. The second kappa shape index (κ2) is 5.86. The van der Waals surface area contributed by atoms with E-state index in [-0.39, 0.29) is 5.91 Å². The third-order valence-corrected chi connectivity index (χ3v) is 3.19. The molecule has 0 aliphatic heterocycles. The normalized spacial score (nSPS) is 14.3. The van der Waals surface area contributed by atoms with Crippen LogP contribution in [0.15, 0.2) is 30.5 Å². The molecule has 1 aromatic heterocycles.